The molecule has 0 aromatic heterocycles. The molecule has 0 saturated carbocycles. The lowest BCUT2D eigenvalue weighted by atomic mass is 10.1. The second-order valence-corrected chi connectivity index (χ2v) is 5.99. The van der Waals surface area contributed by atoms with E-state index in [1.165, 1.54) is 14.0 Å². The number of benzene rings is 2. The Morgan fingerprint density at radius 1 is 1.20 bits per heavy atom. The highest BCUT2D eigenvalue weighted by molar-refractivity contribution is 6.30. The van der Waals surface area contributed by atoms with Crippen molar-refractivity contribution in [2.24, 2.45) is 0 Å². The van der Waals surface area contributed by atoms with Gasteiger partial charge in [-0.05, 0) is 42.8 Å². The Kier molecular flexibility index (Phi) is 6.42. The minimum atomic E-state index is -0.242. The van der Waals surface area contributed by atoms with Crippen LogP contribution >= 0.6 is 11.6 Å². The minimum absolute atomic E-state index is 0.100. The highest BCUT2D eigenvalue weighted by Crippen LogP contribution is 2.23. The topological polar surface area (TPSA) is 58.6 Å². The first kappa shape index (κ1) is 18.8. The summed E-state index contributed by atoms with van der Waals surface area (Å²) < 4.78 is 5.19. The normalized spacial score (nSPS) is 10.2. The Balaban J connectivity index is 2.05. The fourth-order valence-corrected chi connectivity index (χ4v) is 2.80. The number of hydrogen-bond donors (Lipinski definition) is 1. The second kappa shape index (κ2) is 8.53. The van der Waals surface area contributed by atoms with Crippen molar-refractivity contribution >= 4 is 29.1 Å². The highest BCUT2D eigenvalue weighted by Gasteiger charge is 2.15. The van der Waals surface area contributed by atoms with Crippen molar-refractivity contribution in [2.75, 3.05) is 25.1 Å². The van der Waals surface area contributed by atoms with Crippen molar-refractivity contribution in [2.45, 2.75) is 13.8 Å². The summed E-state index contributed by atoms with van der Waals surface area (Å²) in [7, 11) is 1.52. The lowest BCUT2D eigenvalue weighted by Crippen LogP contribution is -2.38. The first-order chi connectivity index (χ1) is 11.9. The summed E-state index contributed by atoms with van der Waals surface area (Å²) in [6.07, 6.45) is 0. The van der Waals surface area contributed by atoms with Crippen molar-refractivity contribution in [3.8, 4) is 5.75 Å². The van der Waals surface area contributed by atoms with E-state index in [2.05, 4.69) is 5.32 Å². The Bertz CT molecular complexity index is 777. The molecule has 0 spiro atoms. The fourth-order valence-electron chi connectivity index (χ4n) is 2.58. The summed E-state index contributed by atoms with van der Waals surface area (Å²) in [6, 6.07) is 12.4. The first-order valence-corrected chi connectivity index (χ1v) is 8.27. The van der Waals surface area contributed by atoms with Crippen LogP contribution in [0.3, 0.4) is 0 Å². The Hall–Kier alpha value is -2.53. The van der Waals surface area contributed by atoms with Gasteiger partial charge in [-0.15, -0.1) is 0 Å². The molecular formula is C19H21ClN2O3. The number of halogens is 1. The molecular weight excluding hydrogens is 340 g/mol. The van der Waals surface area contributed by atoms with Gasteiger partial charge in [-0.3, -0.25) is 9.59 Å². The quantitative estimate of drug-likeness (QED) is 0.858. The maximum absolute atomic E-state index is 12.3. The number of nitrogens with one attached hydrogen (secondary N) is 1. The Morgan fingerprint density at radius 3 is 2.56 bits per heavy atom. The molecule has 2 aromatic rings. The molecule has 0 aliphatic heterocycles. The zero-order valence-corrected chi connectivity index (χ0v) is 15.3. The van der Waals surface area contributed by atoms with Crippen LogP contribution in [0, 0.1) is 6.92 Å². The molecule has 5 nitrogen and oxygen atoms in total. The number of hydrogen-bond acceptors (Lipinski definition) is 3. The van der Waals surface area contributed by atoms with Crippen molar-refractivity contribution in [1.82, 2.24) is 5.32 Å². The van der Waals surface area contributed by atoms with E-state index in [1.807, 2.05) is 6.92 Å². The summed E-state index contributed by atoms with van der Waals surface area (Å²) in [5, 5.41) is 3.44. The average Bonchev–Trinajstić information content (AvgIpc) is 2.59. The number of rotatable bonds is 6. The Labute approximate surface area is 152 Å². The average molecular weight is 361 g/mol. The third-order valence-electron chi connectivity index (χ3n) is 3.80. The van der Waals surface area contributed by atoms with E-state index in [0.717, 1.165) is 11.3 Å². The van der Waals surface area contributed by atoms with Gasteiger partial charge >= 0.3 is 0 Å². The van der Waals surface area contributed by atoms with Gasteiger partial charge in [-0.25, -0.2) is 0 Å². The molecule has 2 aromatic carbocycles. The van der Waals surface area contributed by atoms with Crippen molar-refractivity contribution in [1.29, 1.82) is 0 Å². The van der Waals surface area contributed by atoms with Gasteiger partial charge in [0, 0.05) is 30.7 Å². The summed E-state index contributed by atoms with van der Waals surface area (Å²) in [6.45, 7) is 4.07. The molecule has 0 bridgehead atoms. The van der Waals surface area contributed by atoms with Crippen LogP contribution in [0.25, 0.3) is 0 Å². The van der Waals surface area contributed by atoms with Crippen LogP contribution in [0.1, 0.15) is 22.8 Å². The zero-order chi connectivity index (χ0) is 18.4. The number of aryl methyl sites for hydroxylation is 1. The van der Waals surface area contributed by atoms with Crippen LogP contribution in [0.2, 0.25) is 5.02 Å². The molecule has 132 valence electrons. The maximum Gasteiger partial charge on any atom is 0.255 e. The third kappa shape index (κ3) is 4.73. The van der Waals surface area contributed by atoms with Crippen LogP contribution in [0.4, 0.5) is 5.69 Å². The van der Waals surface area contributed by atoms with E-state index in [1.54, 1.807) is 47.4 Å². The summed E-state index contributed by atoms with van der Waals surface area (Å²) >= 11 is 5.97. The summed E-state index contributed by atoms with van der Waals surface area (Å²) in [5.74, 6) is 0.169. The predicted octanol–water partition coefficient (Wildman–Crippen LogP) is 3.44. The minimum Gasteiger partial charge on any atom is -0.496 e. The van der Waals surface area contributed by atoms with Gasteiger partial charge in [0.25, 0.3) is 5.91 Å². The van der Waals surface area contributed by atoms with Crippen LogP contribution in [0.5, 0.6) is 5.75 Å². The second-order valence-electron chi connectivity index (χ2n) is 5.56. The van der Waals surface area contributed by atoms with E-state index in [9.17, 15) is 9.59 Å². The number of amides is 2. The lowest BCUT2D eigenvalue weighted by Gasteiger charge is -2.23. The molecule has 0 atom stereocenters. The van der Waals surface area contributed by atoms with Gasteiger partial charge in [-0.2, -0.15) is 0 Å². The highest BCUT2D eigenvalue weighted by atomic mass is 35.5. The zero-order valence-electron chi connectivity index (χ0n) is 14.5. The molecule has 0 saturated heterocycles. The molecule has 0 heterocycles. The molecule has 6 heteroatoms. The lowest BCUT2D eigenvalue weighted by molar-refractivity contribution is -0.116. The van der Waals surface area contributed by atoms with E-state index >= 15 is 0 Å². The van der Waals surface area contributed by atoms with Crippen LogP contribution in [0.15, 0.2) is 42.5 Å². The SMILES string of the molecule is COc1ccccc1C(=O)NCCN(C(C)=O)c1ccc(Cl)cc1C. The van der Waals surface area contributed by atoms with Crippen LogP contribution in [-0.4, -0.2) is 32.0 Å². The van der Waals surface area contributed by atoms with Gasteiger partial charge in [0.15, 0.2) is 0 Å². The van der Waals surface area contributed by atoms with Gasteiger partial charge in [-0.1, -0.05) is 23.7 Å². The van der Waals surface area contributed by atoms with Gasteiger partial charge < -0.3 is 15.0 Å². The number of nitrogens with zero attached hydrogens (tertiary/aromatic N) is 1. The number of carbonyl (C=O) groups excluding carboxylic acids is 2. The van der Waals surface area contributed by atoms with E-state index in [-0.39, 0.29) is 11.8 Å². The molecule has 1 N–H and O–H groups in total. The molecule has 0 unspecified atom stereocenters. The summed E-state index contributed by atoms with van der Waals surface area (Å²) in [5.41, 5.74) is 2.14. The molecule has 2 rings (SSSR count). The number of ether oxygens (including phenoxy) is 1. The van der Waals surface area contributed by atoms with Gasteiger partial charge in [0.05, 0.1) is 12.7 Å². The standard InChI is InChI=1S/C19H21ClN2O3/c1-13-12-15(20)8-9-17(13)22(14(2)23)11-10-21-19(24)16-6-4-5-7-18(16)25-3/h4-9,12H,10-11H2,1-3H3,(H,21,24). The van der Waals surface area contributed by atoms with E-state index in [0.29, 0.717) is 29.4 Å². The predicted molar refractivity (Wildman–Crippen MR) is 99.5 cm³/mol. The largest absolute Gasteiger partial charge is 0.496 e. The fraction of sp³-hybridized carbons (Fsp3) is 0.263. The monoisotopic (exact) mass is 360 g/mol. The summed E-state index contributed by atoms with van der Waals surface area (Å²) in [4.78, 5) is 25.9. The third-order valence-corrected chi connectivity index (χ3v) is 4.04. The van der Waals surface area contributed by atoms with E-state index < -0.39 is 0 Å². The molecule has 25 heavy (non-hydrogen) atoms. The maximum atomic E-state index is 12.3. The van der Waals surface area contributed by atoms with Crippen LogP contribution < -0.4 is 15.0 Å². The molecule has 2 amide bonds. The van der Waals surface area contributed by atoms with Crippen molar-refractivity contribution in [3.05, 3.63) is 58.6 Å². The number of para-hydroxylation sites is 1. The molecule has 0 fully saturated rings. The van der Waals surface area contributed by atoms with E-state index in [4.69, 9.17) is 16.3 Å². The molecule has 0 aliphatic carbocycles. The Morgan fingerprint density at radius 2 is 1.92 bits per heavy atom. The smallest absolute Gasteiger partial charge is 0.255 e. The first-order valence-electron chi connectivity index (χ1n) is 7.89. The molecule has 0 radical (unpaired) electrons. The van der Waals surface area contributed by atoms with Crippen LogP contribution in [-0.2, 0) is 4.79 Å². The molecule has 0 aliphatic rings. The van der Waals surface area contributed by atoms with Crippen molar-refractivity contribution in [3.63, 3.8) is 0 Å². The van der Waals surface area contributed by atoms with Crippen molar-refractivity contribution < 1.29 is 14.3 Å². The number of carbonyl (C=O) groups is 2. The van der Waals surface area contributed by atoms with Gasteiger partial charge in [0.2, 0.25) is 5.91 Å². The number of anilines is 1. The van der Waals surface area contributed by atoms with Gasteiger partial charge in [0.1, 0.15) is 5.75 Å². The number of methoxy groups -OCH3 is 1.